The number of fused-ring (bicyclic) bond motifs is 2. The van der Waals surface area contributed by atoms with Gasteiger partial charge in [-0.3, -0.25) is 0 Å². The quantitative estimate of drug-likeness (QED) is 0.159. The Bertz CT molecular complexity index is 1360. The van der Waals surface area contributed by atoms with Gasteiger partial charge in [0, 0.05) is 29.2 Å². The summed E-state index contributed by atoms with van der Waals surface area (Å²) < 4.78 is 57.6. The maximum Gasteiger partial charge on any atom is 0.437 e. The number of rotatable bonds is 9. The van der Waals surface area contributed by atoms with Crippen LogP contribution in [0, 0.1) is 0 Å². The van der Waals surface area contributed by atoms with Gasteiger partial charge >= 0.3 is 12.1 Å². The predicted molar refractivity (Wildman–Crippen MR) is 137 cm³/mol. The molecule has 0 unspecified atom stereocenters. The molecule has 6 nitrogen and oxygen atoms in total. The smallest absolute Gasteiger partial charge is 0.437 e. The molecule has 0 aliphatic rings. The third-order valence-electron chi connectivity index (χ3n) is 5.63. The van der Waals surface area contributed by atoms with Gasteiger partial charge in [0.25, 0.3) is 0 Å². The van der Waals surface area contributed by atoms with Gasteiger partial charge in [0.1, 0.15) is 5.75 Å². The van der Waals surface area contributed by atoms with Crippen LogP contribution >= 0.6 is 11.6 Å². The lowest BCUT2D eigenvalue weighted by Crippen LogP contribution is -2.07. The molecule has 0 spiro atoms. The fraction of sp³-hybridized carbons (Fsp3) is 0.407. The molecular formula is C27H30ClF3N2O4. The molecule has 2 aromatic heterocycles. The molecule has 0 bridgehead atoms. The fourth-order valence-electron chi connectivity index (χ4n) is 4.06. The molecule has 0 atom stereocenters. The Morgan fingerprint density at radius 3 is 2.59 bits per heavy atom. The number of alkyl halides is 3. The topological polar surface area (TPSA) is 66.5 Å². The summed E-state index contributed by atoms with van der Waals surface area (Å²) in [6.07, 6.45) is -0.840. The van der Waals surface area contributed by atoms with Gasteiger partial charge in [-0.05, 0) is 50.1 Å². The molecule has 4 rings (SSSR count). The lowest BCUT2D eigenvalue weighted by Gasteiger charge is -2.12. The van der Waals surface area contributed by atoms with Gasteiger partial charge in [0.05, 0.1) is 29.2 Å². The molecule has 4 aromatic rings. The zero-order valence-corrected chi connectivity index (χ0v) is 22.0. The zero-order valence-electron chi connectivity index (χ0n) is 21.2. The molecule has 0 N–H and O–H groups in total. The van der Waals surface area contributed by atoms with Crippen LogP contribution in [-0.2, 0) is 23.9 Å². The van der Waals surface area contributed by atoms with E-state index in [1.165, 1.54) is 6.07 Å². The van der Waals surface area contributed by atoms with Crippen molar-refractivity contribution in [2.45, 2.75) is 59.7 Å². The Morgan fingerprint density at radius 1 is 1.16 bits per heavy atom. The summed E-state index contributed by atoms with van der Waals surface area (Å²) in [5.74, 6) is 0.0261. The molecule has 0 saturated carbocycles. The van der Waals surface area contributed by atoms with Crippen molar-refractivity contribution in [3.63, 3.8) is 0 Å². The first-order chi connectivity index (χ1) is 17.7. The van der Waals surface area contributed by atoms with E-state index >= 15 is 0 Å². The average Bonchev–Trinajstić information content (AvgIpc) is 3.48. The van der Waals surface area contributed by atoms with E-state index in [1.54, 1.807) is 25.1 Å². The van der Waals surface area contributed by atoms with Crippen LogP contribution in [0.25, 0.3) is 21.9 Å². The summed E-state index contributed by atoms with van der Waals surface area (Å²) in [7, 11) is 0. The molecule has 0 amide bonds. The number of benzene rings is 2. The summed E-state index contributed by atoms with van der Waals surface area (Å²) in [6, 6.07) is 8.22. The number of esters is 1. The molecule has 0 fully saturated rings. The molecule has 200 valence electrons. The number of carbonyl (C=O) groups excluding carboxylic acids is 1. The van der Waals surface area contributed by atoms with Crippen molar-refractivity contribution in [2.24, 2.45) is 0 Å². The van der Waals surface area contributed by atoms with Crippen LogP contribution in [-0.4, -0.2) is 28.9 Å². The first-order valence-corrected chi connectivity index (χ1v) is 12.7. The first kappa shape index (κ1) is 28.4. The van der Waals surface area contributed by atoms with Crippen LogP contribution in [0.15, 0.2) is 41.1 Å². The lowest BCUT2D eigenvalue weighted by atomic mass is 10.0. The normalized spacial score (nSPS) is 11.5. The molecule has 2 aromatic carbocycles. The summed E-state index contributed by atoms with van der Waals surface area (Å²) >= 11 is 6.31. The van der Waals surface area contributed by atoms with Crippen molar-refractivity contribution in [1.82, 2.24) is 9.72 Å². The average molecular weight is 539 g/mol. The van der Waals surface area contributed by atoms with E-state index in [0.29, 0.717) is 54.3 Å². The van der Waals surface area contributed by atoms with E-state index in [0.717, 1.165) is 10.9 Å². The highest BCUT2D eigenvalue weighted by molar-refractivity contribution is 6.34. The van der Waals surface area contributed by atoms with Crippen LogP contribution in [0.1, 0.15) is 62.2 Å². The molecule has 37 heavy (non-hydrogen) atoms. The fourth-order valence-corrected chi connectivity index (χ4v) is 4.29. The number of nitrogens with zero attached hydrogens (tertiary/aromatic N) is 2. The second-order valence-corrected chi connectivity index (χ2v) is 8.43. The number of carbonyl (C=O) groups is 1. The van der Waals surface area contributed by atoms with E-state index in [-0.39, 0.29) is 17.6 Å². The maximum absolute atomic E-state index is 13.2. The number of aromatic nitrogens is 2. The highest BCUT2D eigenvalue weighted by atomic mass is 35.5. The molecule has 2 heterocycles. The standard InChI is InChI=1S/C25H24ClF3N2O4.C2H6/c1-3-6-16-21(8-7-17-22(16)35-30-23(17)25(27,28)29)34-12-5-10-31-11-9-15-13-18(24(32)33-4-2)19(26)14-20(15)31;1-2/h7-9,11,13-14H,3-6,10,12H2,1-2H3;1-2H3. The van der Waals surface area contributed by atoms with Crippen LogP contribution in [0.5, 0.6) is 5.75 Å². The van der Waals surface area contributed by atoms with Crippen LogP contribution in [0.4, 0.5) is 13.2 Å². The Morgan fingerprint density at radius 2 is 1.92 bits per heavy atom. The van der Waals surface area contributed by atoms with Crippen LogP contribution in [0.2, 0.25) is 5.02 Å². The molecule has 10 heteroatoms. The molecule has 0 aliphatic carbocycles. The van der Waals surface area contributed by atoms with Gasteiger partial charge in [-0.25, -0.2) is 4.79 Å². The minimum atomic E-state index is -4.59. The minimum absolute atomic E-state index is 0.0637. The van der Waals surface area contributed by atoms with Crippen molar-refractivity contribution in [1.29, 1.82) is 0 Å². The number of halogens is 4. The van der Waals surface area contributed by atoms with Gasteiger partial charge in [0.2, 0.25) is 0 Å². The highest BCUT2D eigenvalue weighted by Gasteiger charge is 2.37. The van der Waals surface area contributed by atoms with Gasteiger partial charge in [-0.15, -0.1) is 0 Å². The first-order valence-electron chi connectivity index (χ1n) is 12.3. The predicted octanol–water partition coefficient (Wildman–Crippen LogP) is 8.08. The van der Waals surface area contributed by atoms with Gasteiger partial charge in [-0.2, -0.15) is 13.2 Å². The molecule has 0 aliphatic heterocycles. The van der Waals surface area contributed by atoms with Gasteiger partial charge in [0.15, 0.2) is 11.3 Å². The van der Waals surface area contributed by atoms with E-state index < -0.39 is 17.8 Å². The maximum atomic E-state index is 13.2. The third-order valence-corrected chi connectivity index (χ3v) is 5.94. The SMILES string of the molecule is CC.CCCc1c(OCCCn2ccc3cc(C(=O)OCC)c(Cl)cc32)ccc2c(C(F)(F)F)noc12. The highest BCUT2D eigenvalue weighted by Crippen LogP contribution is 2.38. The van der Waals surface area contributed by atoms with Crippen molar-refractivity contribution in [3.05, 3.63) is 58.4 Å². The Labute approximate surface area is 218 Å². The summed E-state index contributed by atoms with van der Waals surface area (Å²) in [5, 5.41) is 4.36. The van der Waals surface area contributed by atoms with E-state index in [2.05, 4.69) is 5.16 Å². The number of ether oxygens (including phenoxy) is 2. The van der Waals surface area contributed by atoms with Crippen LogP contribution < -0.4 is 4.74 Å². The largest absolute Gasteiger partial charge is 0.493 e. The van der Waals surface area contributed by atoms with Gasteiger partial charge < -0.3 is 18.6 Å². The second kappa shape index (κ2) is 12.4. The summed E-state index contributed by atoms with van der Waals surface area (Å²) in [6.45, 7) is 8.89. The van der Waals surface area contributed by atoms with Crippen molar-refractivity contribution < 1.29 is 32.0 Å². The van der Waals surface area contributed by atoms with Crippen molar-refractivity contribution in [3.8, 4) is 5.75 Å². The van der Waals surface area contributed by atoms with Crippen LogP contribution in [0.3, 0.4) is 0 Å². The number of hydrogen-bond acceptors (Lipinski definition) is 5. The summed E-state index contributed by atoms with van der Waals surface area (Å²) in [4.78, 5) is 12.1. The molecule has 0 radical (unpaired) electrons. The summed E-state index contributed by atoms with van der Waals surface area (Å²) in [5.41, 5.74) is 0.859. The van der Waals surface area contributed by atoms with Crippen molar-refractivity contribution in [2.75, 3.05) is 13.2 Å². The second-order valence-electron chi connectivity index (χ2n) is 8.02. The zero-order chi connectivity index (χ0) is 27.2. The van der Waals surface area contributed by atoms with Crippen molar-refractivity contribution >= 4 is 39.4 Å². The monoisotopic (exact) mass is 538 g/mol. The molecule has 0 saturated heterocycles. The third kappa shape index (κ3) is 6.21. The lowest BCUT2D eigenvalue weighted by molar-refractivity contribution is -0.141. The van der Waals surface area contributed by atoms with E-state index in [1.807, 2.05) is 37.6 Å². The molecular weight excluding hydrogens is 509 g/mol. The Balaban J connectivity index is 0.00000186. The number of aryl methyl sites for hydroxylation is 2. The van der Waals surface area contributed by atoms with Gasteiger partial charge in [-0.1, -0.05) is 43.9 Å². The Hall–Kier alpha value is -3.20. The Kier molecular flexibility index (Phi) is 9.48. The minimum Gasteiger partial charge on any atom is -0.493 e. The van der Waals surface area contributed by atoms with E-state index in [4.69, 9.17) is 25.6 Å². The van der Waals surface area contributed by atoms with E-state index in [9.17, 15) is 18.0 Å². The number of hydrogen-bond donors (Lipinski definition) is 0.